The molecule has 0 radical (unpaired) electrons. The van der Waals surface area contributed by atoms with Gasteiger partial charge in [0, 0.05) is 25.1 Å². The van der Waals surface area contributed by atoms with Gasteiger partial charge in [-0.2, -0.15) is 4.98 Å². The molecule has 0 aliphatic heterocycles. The molecule has 0 spiro atoms. The topological polar surface area (TPSA) is 47.0 Å². The van der Waals surface area contributed by atoms with E-state index in [1.807, 2.05) is 13.8 Å². The van der Waals surface area contributed by atoms with Crippen LogP contribution in [0.3, 0.4) is 0 Å². The molecule has 2 rings (SSSR count). The van der Waals surface area contributed by atoms with Crippen LogP contribution >= 0.6 is 11.6 Å². The van der Waals surface area contributed by atoms with Gasteiger partial charge < -0.3 is 10.1 Å². The minimum absolute atomic E-state index is 0.00878. The van der Waals surface area contributed by atoms with Gasteiger partial charge in [-0.15, -0.1) is 0 Å². The van der Waals surface area contributed by atoms with Gasteiger partial charge in [-0.1, -0.05) is 25.4 Å². The van der Waals surface area contributed by atoms with Crippen molar-refractivity contribution >= 4 is 17.4 Å². The summed E-state index contributed by atoms with van der Waals surface area (Å²) in [6, 6.07) is 5.83. The molecule has 0 fully saturated rings. The first-order valence-electron chi connectivity index (χ1n) is 6.19. The molecule has 1 heterocycles. The minimum Gasteiger partial charge on any atom is -0.439 e. The molecule has 106 valence electrons. The molecule has 0 aliphatic rings. The molecular weight excluding hydrogens is 281 g/mol. The van der Waals surface area contributed by atoms with E-state index < -0.39 is 5.82 Å². The number of ether oxygens (including phenoxy) is 1. The van der Waals surface area contributed by atoms with E-state index in [0.717, 1.165) is 0 Å². The summed E-state index contributed by atoms with van der Waals surface area (Å²) in [4.78, 5) is 8.65. The summed E-state index contributed by atoms with van der Waals surface area (Å²) >= 11 is 5.72. The lowest BCUT2D eigenvalue weighted by atomic mass is 10.2. The highest BCUT2D eigenvalue weighted by molar-refractivity contribution is 6.30. The van der Waals surface area contributed by atoms with Gasteiger partial charge in [0.2, 0.25) is 5.88 Å². The lowest BCUT2D eigenvalue weighted by Crippen LogP contribution is -2.03. The number of nitrogens with zero attached hydrogens (tertiary/aromatic N) is 2. The monoisotopic (exact) mass is 295 g/mol. The molecule has 6 heteroatoms. The Morgan fingerprint density at radius 3 is 2.60 bits per heavy atom. The van der Waals surface area contributed by atoms with Crippen LogP contribution in [0.15, 0.2) is 24.3 Å². The molecule has 0 unspecified atom stereocenters. The van der Waals surface area contributed by atoms with E-state index in [9.17, 15) is 4.39 Å². The van der Waals surface area contributed by atoms with Crippen LogP contribution in [0.2, 0.25) is 5.02 Å². The molecule has 0 saturated carbocycles. The van der Waals surface area contributed by atoms with Crippen molar-refractivity contribution in [2.24, 2.45) is 0 Å². The predicted octanol–water partition coefficient (Wildman–Crippen LogP) is 4.23. The van der Waals surface area contributed by atoms with Crippen LogP contribution in [0.5, 0.6) is 11.6 Å². The van der Waals surface area contributed by atoms with E-state index in [-0.39, 0.29) is 10.9 Å². The summed E-state index contributed by atoms with van der Waals surface area (Å²) in [6.07, 6.45) is 0. The number of hydrogen-bond donors (Lipinski definition) is 1. The van der Waals surface area contributed by atoms with Gasteiger partial charge in [0.05, 0.1) is 5.02 Å². The Labute approximate surface area is 122 Å². The molecule has 4 nitrogen and oxygen atoms in total. The fourth-order valence-electron chi connectivity index (χ4n) is 1.54. The first-order valence-corrected chi connectivity index (χ1v) is 6.57. The van der Waals surface area contributed by atoms with Crippen LogP contribution in [-0.2, 0) is 0 Å². The van der Waals surface area contributed by atoms with Crippen molar-refractivity contribution < 1.29 is 9.13 Å². The molecule has 0 bridgehead atoms. The lowest BCUT2D eigenvalue weighted by molar-refractivity contribution is 0.456. The number of hydrogen-bond acceptors (Lipinski definition) is 4. The van der Waals surface area contributed by atoms with Crippen molar-refractivity contribution in [2.75, 3.05) is 12.4 Å². The Morgan fingerprint density at radius 1 is 1.25 bits per heavy atom. The van der Waals surface area contributed by atoms with Crippen molar-refractivity contribution in [3.8, 4) is 11.6 Å². The van der Waals surface area contributed by atoms with Crippen molar-refractivity contribution in [3.05, 3.63) is 40.9 Å². The average molecular weight is 296 g/mol. The normalized spacial score (nSPS) is 10.7. The largest absolute Gasteiger partial charge is 0.439 e. The van der Waals surface area contributed by atoms with Crippen molar-refractivity contribution in [2.45, 2.75) is 19.8 Å². The maximum atomic E-state index is 13.1. The molecule has 20 heavy (non-hydrogen) atoms. The van der Waals surface area contributed by atoms with E-state index in [1.165, 1.54) is 18.2 Å². The van der Waals surface area contributed by atoms with Gasteiger partial charge in [0.15, 0.2) is 0 Å². The smallest absolute Gasteiger partial charge is 0.224 e. The quantitative estimate of drug-likeness (QED) is 0.917. The maximum Gasteiger partial charge on any atom is 0.224 e. The SMILES string of the molecule is CNc1cc(Oc2ccc(F)c(Cl)c2)nc(C(C)C)n1. The third-order valence-electron chi connectivity index (χ3n) is 2.61. The highest BCUT2D eigenvalue weighted by Crippen LogP contribution is 2.27. The van der Waals surface area contributed by atoms with Gasteiger partial charge >= 0.3 is 0 Å². The van der Waals surface area contributed by atoms with Crippen molar-refractivity contribution in [1.82, 2.24) is 9.97 Å². The first-order chi connectivity index (χ1) is 9.49. The fraction of sp³-hybridized carbons (Fsp3) is 0.286. The van der Waals surface area contributed by atoms with Gasteiger partial charge in [-0.05, 0) is 12.1 Å². The predicted molar refractivity (Wildman–Crippen MR) is 77.2 cm³/mol. The summed E-state index contributed by atoms with van der Waals surface area (Å²) in [7, 11) is 1.77. The number of halogens is 2. The van der Waals surface area contributed by atoms with E-state index >= 15 is 0 Å². The Bertz CT molecular complexity index is 619. The Morgan fingerprint density at radius 2 is 2.00 bits per heavy atom. The van der Waals surface area contributed by atoms with E-state index in [0.29, 0.717) is 23.3 Å². The summed E-state index contributed by atoms with van der Waals surface area (Å²) in [6.45, 7) is 3.99. The minimum atomic E-state index is -0.486. The molecule has 0 atom stereocenters. The number of benzene rings is 1. The lowest BCUT2D eigenvalue weighted by Gasteiger charge is -2.11. The van der Waals surface area contributed by atoms with Crippen molar-refractivity contribution in [3.63, 3.8) is 0 Å². The Balaban J connectivity index is 2.32. The molecule has 0 aliphatic carbocycles. The summed E-state index contributed by atoms with van der Waals surface area (Å²) in [5.74, 6) is 1.82. The standard InChI is InChI=1S/C14H15ClFN3O/c1-8(2)14-18-12(17-3)7-13(19-14)20-9-4-5-11(16)10(15)6-9/h4-8H,1-3H3,(H,17,18,19). The summed E-state index contributed by atoms with van der Waals surface area (Å²) < 4.78 is 18.7. The summed E-state index contributed by atoms with van der Waals surface area (Å²) in [5.41, 5.74) is 0. The second kappa shape index (κ2) is 6.05. The third kappa shape index (κ3) is 3.36. The highest BCUT2D eigenvalue weighted by Gasteiger charge is 2.10. The van der Waals surface area contributed by atoms with Gasteiger partial charge in [-0.3, -0.25) is 0 Å². The van der Waals surface area contributed by atoms with Crippen LogP contribution in [-0.4, -0.2) is 17.0 Å². The second-order valence-electron chi connectivity index (χ2n) is 4.53. The number of nitrogens with one attached hydrogen (secondary N) is 1. The van der Waals surface area contributed by atoms with E-state index in [1.54, 1.807) is 13.1 Å². The van der Waals surface area contributed by atoms with Crippen LogP contribution in [0, 0.1) is 5.82 Å². The average Bonchev–Trinajstić information content (AvgIpc) is 2.42. The third-order valence-corrected chi connectivity index (χ3v) is 2.90. The van der Waals surface area contributed by atoms with Gasteiger partial charge in [0.1, 0.15) is 23.2 Å². The second-order valence-corrected chi connectivity index (χ2v) is 4.94. The van der Waals surface area contributed by atoms with Crippen LogP contribution in [0.25, 0.3) is 0 Å². The van der Waals surface area contributed by atoms with Crippen molar-refractivity contribution in [1.29, 1.82) is 0 Å². The number of rotatable bonds is 4. The zero-order valence-electron chi connectivity index (χ0n) is 11.4. The zero-order chi connectivity index (χ0) is 14.7. The van der Waals surface area contributed by atoms with E-state index in [2.05, 4.69) is 15.3 Å². The molecule has 1 aromatic carbocycles. The van der Waals surface area contributed by atoms with Gasteiger partial charge in [0.25, 0.3) is 0 Å². The van der Waals surface area contributed by atoms with Crippen LogP contribution < -0.4 is 10.1 Å². The fourth-order valence-corrected chi connectivity index (χ4v) is 1.71. The summed E-state index contributed by atoms with van der Waals surface area (Å²) in [5, 5.41) is 2.96. The Hall–Kier alpha value is -1.88. The highest BCUT2D eigenvalue weighted by atomic mass is 35.5. The molecule has 0 amide bonds. The first kappa shape index (κ1) is 14.5. The molecule has 1 N–H and O–H groups in total. The number of aromatic nitrogens is 2. The van der Waals surface area contributed by atoms with Gasteiger partial charge in [-0.25, -0.2) is 9.37 Å². The molecular formula is C14H15ClFN3O. The molecule has 1 aromatic heterocycles. The van der Waals surface area contributed by atoms with Crippen LogP contribution in [0.1, 0.15) is 25.6 Å². The van der Waals surface area contributed by atoms with Crippen LogP contribution in [0.4, 0.5) is 10.2 Å². The maximum absolute atomic E-state index is 13.1. The Kier molecular flexibility index (Phi) is 4.39. The number of anilines is 1. The molecule has 0 saturated heterocycles. The van der Waals surface area contributed by atoms with E-state index in [4.69, 9.17) is 16.3 Å². The zero-order valence-corrected chi connectivity index (χ0v) is 12.2. The molecule has 2 aromatic rings.